The van der Waals surface area contributed by atoms with Crippen LogP contribution in [0.4, 0.5) is 10.5 Å². The lowest BCUT2D eigenvalue weighted by atomic mass is 10.0. The van der Waals surface area contributed by atoms with Crippen LogP contribution < -0.4 is 16.0 Å². The molecular weight excluding hydrogens is 410 g/mol. The lowest BCUT2D eigenvalue weighted by Gasteiger charge is -2.23. The zero-order valence-corrected chi connectivity index (χ0v) is 19.6. The summed E-state index contributed by atoms with van der Waals surface area (Å²) >= 11 is 0. The summed E-state index contributed by atoms with van der Waals surface area (Å²) in [5, 5.41) is 8.20. The Morgan fingerprint density at radius 1 is 1.00 bits per heavy atom. The molecule has 1 aromatic carbocycles. The molecule has 0 saturated heterocycles. The molecule has 178 valence electrons. The number of allylic oxidation sites excluding steroid dienone is 1. The average molecular weight is 448 g/mol. The van der Waals surface area contributed by atoms with Gasteiger partial charge in [0.25, 0.3) is 0 Å². The molecule has 0 bridgehead atoms. The van der Waals surface area contributed by atoms with Crippen molar-refractivity contribution in [2.75, 3.05) is 25.1 Å². The van der Waals surface area contributed by atoms with Gasteiger partial charge in [0.2, 0.25) is 11.8 Å². The van der Waals surface area contributed by atoms with Gasteiger partial charge in [-0.3, -0.25) is 14.9 Å². The Kier molecular flexibility index (Phi) is 12.7. The molecule has 0 aliphatic carbocycles. The number of rotatable bonds is 14. The molecule has 0 unspecified atom stereocenters. The zero-order chi connectivity index (χ0) is 23.9. The van der Waals surface area contributed by atoms with Crippen LogP contribution in [0.3, 0.4) is 0 Å². The van der Waals surface area contributed by atoms with Crippen LogP contribution in [0.25, 0.3) is 0 Å². The summed E-state index contributed by atoms with van der Waals surface area (Å²) in [6.07, 6.45) is 3.23. The fourth-order valence-corrected chi connectivity index (χ4v) is 2.79. The highest BCUT2D eigenvalue weighted by atomic mass is 16.6. The van der Waals surface area contributed by atoms with Gasteiger partial charge in [-0.2, -0.15) is 0 Å². The van der Waals surface area contributed by atoms with Gasteiger partial charge < -0.3 is 20.1 Å². The minimum Gasteiger partial charge on any atom is -0.447 e. The minimum atomic E-state index is -0.590. The Morgan fingerprint density at radius 2 is 1.69 bits per heavy atom. The summed E-state index contributed by atoms with van der Waals surface area (Å²) in [6, 6.07) is 6.95. The van der Waals surface area contributed by atoms with Gasteiger partial charge >= 0.3 is 6.09 Å². The minimum absolute atomic E-state index is 0.00267. The lowest BCUT2D eigenvalue weighted by molar-refractivity contribution is -0.130. The summed E-state index contributed by atoms with van der Waals surface area (Å²) < 4.78 is 10.4. The van der Waals surface area contributed by atoms with E-state index in [9.17, 15) is 14.4 Å². The number of carbonyl (C=O) groups is 3. The van der Waals surface area contributed by atoms with Crippen molar-refractivity contribution in [1.29, 1.82) is 0 Å². The van der Waals surface area contributed by atoms with E-state index in [-0.39, 0.29) is 50.0 Å². The molecule has 1 atom stereocenters. The van der Waals surface area contributed by atoms with Crippen LogP contribution in [0.15, 0.2) is 36.9 Å². The molecule has 1 rings (SSSR count). The lowest BCUT2D eigenvalue weighted by Crippen LogP contribution is -2.51. The number of carbonyl (C=O) groups excluding carboxylic acids is 3. The van der Waals surface area contributed by atoms with Crippen molar-refractivity contribution < 1.29 is 23.9 Å². The number of benzene rings is 1. The molecule has 8 nitrogen and oxygen atoms in total. The zero-order valence-electron chi connectivity index (χ0n) is 19.6. The first kappa shape index (κ1) is 27.2. The molecule has 8 heteroatoms. The smallest absolute Gasteiger partial charge is 0.411 e. The van der Waals surface area contributed by atoms with Gasteiger partial charge in [0.15, 0.2) is 0 Å². The van der Waals surface area contributed by atoms with Crippen LogP contribution in [0.5, 0.6) is 0 Å². The SMILES string of the molecule is C=CCCc1ccc(NC(=O)OCCOCCC(=O)N[C@H](C(=O)NC(C)C)C(C)C)cc1. The summed E-state index contributed by atoms with van der Waals surface area (Å²) in [7, 11) is 0. The molecule has 0 fully saturated rings. The number of hydrogen-bond donors (Lipinski definition) is 3. The van der Waals surface area contributed by atoms with Crippen LogP contribution in [0.2, 0.25) is 0 Å². The maximum atomic E-state index is 12.2. The van der Waals surface area contributed by atoms with Crippen LogP contribution >= 0.6 is 0 Å². The first-order valence-corrected chi connectivity index (χ1v) is 11.0. The van der Waals surface area contributed by atoms with Gasteiger partial charge in [-0.1, -0.05) is 32.1 Å². The van der Waals surface area contributed by atoms with Gasteiger partial charge in [0.05, 0.1) is 13.2 Å². The van der Waals surface area contributed by atoms with Gasteiger partial charge in [0.1, 0.15) is 12.6 Å². The van der Waals surface area contributed by atoms with E-state index in [1.807, 2.05) is 58.0 Å². The van der Waals surface area contributed by atoms with Crippen molar-refractivity contribution in [3.8, 4) is 0 Å². The Morgan fingerprint density at radius 3 is 2.28 bits per heavy atom. The molecule has 0 aliphatic heterocycles. The number of amides is 3. The highest BCUT2D eigenvalue weighted by Gasteiger charge is 2.24. The third-order valence-electron chi connectivity index (χ3n) is 4.47. The standard InChI is InChI=1S/C24H37N3O5/c1-6-7-8-19-9-11-20(12-10-19)26-24(30)32-16-15-31-14-13-21(28)27-22(17(2)3)23(29)25-18(4)5/h6,9-12,17-18,22H,1,7-8,13-16H2,2-5H3,(H,25,29)(H,26,30)(H,27,28)/t22-/m0/s1. The predicted octanol–water partition coefficient (Wildman–Crippen LogP) is 3.43. The molecule has 3 N–H and O–H groups in total. The second-order valence-corrected chi connectivity index (χ2v) is 8.10. The van der Waals surface area contributed by atoms with E-state index in [4.69, 9.17) is 9.47 Å². The normalized spacial score (nSPS) is 11.7. The Balaban J connectivity index is 2.21. The monoisotopic (exact) mass is 447 g/mol. The maximum absolute atomic E-state index is 12.2. The molecule has 3 amide bonds. The summed E-state index contributed by atoms with van der Waals surface area (Å²) in [4.78, 5) is 36.1. The number of hydrogen-bond acceptors (Lipinski definition) is 5. The van der Waals surface area contributed by atoms with Gasteiger partial charge in [-0.15, -0.1) is 6.58 Å². The van der Waals surface area contributed by atoms with Gasteiger partial charge in [-0.25, -0.2) is 4.79 Å². The van der Waals surface area contributed by atoms with E-state index in [0.29, 0.717) is 5.69 Å². The molecule has 0 saturated carbocycles. The molecular formula is C24H37N3O5. The number of aryl methyl sites for hydroxylation is 1. The summed E-state index contributed by atoms with van der Waals surface area (Å²) in [5.41, 5.74) is 1.82. The molecule has 0 radical (unpaired) electrons. The molecule has 0 heterocycles. The molecule has 1 aromatic rings. The quantitative estimate of drug-likeness (QED) is 0.299. The molecule has 0 aliphatic rings. The van der Waals surface area contributed by atoms with E-state index in [0.717, 1.165) is 12.8 Å². The average Bonchev–Trinajstić information content (AvgIpc) is 2.73. The van der Waals surface area contributed by atoms with Crippen molar-refractivity contribution in [3.63, 3.8) is 0 Å². The first-order chi connectivity index (χ1) is 15.2. The van der Waals surface area contributed by atoms with Crippen LogP contribution in [-0.4, -0.2) is 49.8 Å². The Bertz CT molecular complexity index is 732. The van der Waals surface area contributed by atoms with Crippen molar-refractivity contribution in [1.82, 2.24) is 10.6 Å². The van der Waals surface area contributed by atoms with E-state index in [1.54, 1.807) is 0 Å². The van der Waals surface area contributed by atoms with Gasteiger partial charge in [0, 0.05) is 18.2 Å². The second-order valence-electron chi connectivity index (χ2n) is 8.10. The molecule has 0 aromatic heterocycles. The third-order valence-corrected chi connectivity index (χ3v) is 4.47. The largest absolute Gasteiger partial charge is 0.447 e. The highest BCUT2D eigenvalue weighted by molar-refractivity contribution is 5.88. The van der Waals surface area contributed by atoms with E-state index >= 15 is 0 Å². The number of nitrogens with one attached hydrogen (secondary N) is 3. The number of anilines is 1. The van der Waals surface area contributed by atoms with E-state index in [1.165, 1.54) is 5.56 Å². The van der Waals surface area contributed by atoms with E-state index < -0.39 is 12.1 Å². The molecule has 0 spiro atoms. The number of ether oxygens (including phenoxy) is 2. The molecule has 32 heavy (non-hydrogen) atoms. The predicted molar refractivity (Wildman–Crippen MR) is 125 cm³/mol. The first-order valence-electron chi connectivity index (χ1n) is 11.0. The maximum Gasteiger partial charge on any atom is 0.411 e. The van der Waals surface area contributed by atoms with Gasteiger partial charge in [-0.05, 0) is 50.3 Å². The Hall–Kier alpha value is -2.87. The van der Waals surface area contributed by atoms with Crippen molar-refractivity contribution >= 4 is 23.6 Å². The second kappa shape index (κ2) is 15.0. The van der Waals surface area contributed by atoms with E-state index in [2.05, 4.69) is 22.5 Å². The van der Waals surface area contributed by atoms with Crippen LogP contribution in [0.1, 0.15) is 46.1 Å². The van der Waals surface area contributed by atoms with Crippen LogP contribution in [0, 0.1) is 5.92 Å². The van der Waals surface area contributed by atoms with Crippen molar-refractivity contribution in [3.05, 3.63) is 42.5 Å². The Labute approximate surface area is 191 Å². The van der Waals surface area contributed by atoms with Crippen molar-refractivity contribution in [2.45, 2.75) is 59.0 Å². The summed E-state index contributed by atoms with van der Waals surface area (Å²) in [5.74, 6) is -0.498. The fourth-order valence-electron chi connectivity index (χ4n) is 2.79. The summed E-state index contributed by atoms with van der Waals surface area (Å²) in [6.45, 7) is 11.6. The van der Waals surface area contributed by atoms with Crippen LogP contribution in [-0.2, 0) is 25.5 Å². The van der Waals surface area contributed by atoms with Crippen molar-refractivity contribution in [2.24, 2.45) is 5.92 Å². The highest BCUT2D eigenvalue weighted by Crippen LogP contribution is 2.11. The third kappa shape index (κ3) is 11.5. The fraction of sp³-hybridized carbons (Fsp3) is 0.542. The topological polar surface area (TPSA) is 106 Å².